The molecule has 3 heteroatoms. The molecule has 0 saturated heterocycles. The van der Waals surface area contributed by atoms with E-state index in [1.54, 1.807) is 21.7 Å². The van der Waals surface area contributed by atoms with E-state index in [1.165, 1.54) is 89.9 Å². The Balaban J connectivity index is 0. The van der Waals surface area contributed by atoms with Gasteiger partial charge in [-0.15, -0.1) is 0 Å². The zero-order valence-electron chi connectivity index (χ0n) is 20.1. The van der Waals surface area contributed by atoms with Crippen LogP contribution in [0.3, 0.4) is 0 Å². The average molecular weight is 521 g/mol. The van der Waals surface area contributed by atoms with Gasteiger partial charge in [0.2, 0.25) is 0 Å². The molecule has 1 nitrogen and oxygen atoms in total. The first-order valence-electron chi connectivity index (χ1n) is 12.7. The summed E-state index contributed by atoms with van der Waals surface area (Å²) in [6.07, 6.45) is 23.0. The number of rotatable bonds is 21. The van der Waals surface area contributed by atoms with E-state index >= 15 is 0 Å². The van der Waals surface area contributed by atoms with Crippen LogP contribution in [-0.4, -0.2) is 33.7 Å². The van der Waals surface area contributed by atoms with Crippen molar-refractivity contribution >= 4 is 33.8 Å². The normalized spacial score (nSPS) is 11.9. The van der Waals surface area contributed by atoms with Crippen LogP contribution >= 0.6 is 12.6 Å². The van der Waals surface area contributed by atoms with E-state index in [2.05, 4.69) is 40.3 Å². The summed E-state index contributed by atoms with van der Waals surface area (Å²) in [7, 11) is 0. The second-order valence-electron chi connectivity index (χ2n) is 8.20. The van der Waals surface area contributed by atoms with Crippen LogP contribution in [0, 0.1) is 5.92 Å². The summed E-state index contributed by atoms with van der Waals surface area (Å²) in [5, 5.41) is 0. The molecule has 0 spiro atoms. The van der Waals surface area contributed by atoms with Crippen molar-refractivity contribution in [2.24, 2.45) is 5.92 Å². The average Bonchev–Trinajstić information content (AvgIpc) is 2.72. The van der Waals surface area contributed by atoms with Gasteiger partial charge in [0.15, 0.2) is 0 Å². The number of thiol groups is 1. The third-order valence-corrected chi connectivity index (χ3v) is 9.62. The van der Waals surface area contributed by atoms with E-state index in [0.29, 0.717) is 5.94 Å². The molecule has 0 bridgehead atoms. The standard InChI is InChI=1S/C9H20OS.2C8H17.Sn/c1-3-5-6-9(4-2)7-10-8-11;2*1-3-5-7-8-6-4-2;/h9,11H,3-8H2,1-2H3;2*1,3-8H2,2H3;. The zero-order valence-corrected chi connectivity index (χ0v) is 23.8. The SMILES string of the molecule is CCCCC(CC)COCS.CCCCCCC[CH2][Sn][CH2]CCCCCCC. The summed E-state index contributed by atoms with van der Waals surface area (Å²) in [4.78, 5) is 0. The van der Waals surface area contributed by atoms with Gasteiger partial charge in [-0.25, -0.2) is 0 Å². The molecule has 0 rings (SSSR count). The first-order chi connectivity index (χ1) is 13.8. The van der Waals surface area contributed by atoms with E-state index in [9.17, 15) is 0 Å². The van der Waals surface area contributed by atoms with Gasteiger partial charge in [-0.1, -0.05) is 33.1 Å². The Bertz CT molecular complexity index is 229. The van der Waals surface area contributed by atoms with Crippen LogP contribution in [0.1, 0.15) is 130 Å². The molecule has 0 amide bonds. The molecule has 2 radical (unpaired) electrons. The van der Waals surface area contributed by atoms with E-state index in [4.69, 9.17) is 4.74 Å². The van der Waals surface area contributed by atoms with Crippen molar-refractivity contribution in [3.63, 3.8) is 0 Å². The molecular formula is C25H54OSSn. The van der Waals surface area contributed by atoms with Crippen LogP contribution in [0.25, 0.3) is 0 Å². The van der Waals surface area contributed by atoms with Crippen molar-refractivity contribution < 1.29 is 4.74 Å². The minimum atomic E-state index is 0.0736. The molecule has 0 saturated carbocycles. The fourth-order valence-corrected chi connectivity index (χ4v) is 6.98. The summed E-state index contributed by atoms with van der Waals surface area (Å²) in [5.41, 5.74) is 0. The fourth-order valence-electron chi connectivity index (χ4n) is 3.30. The second-order valence-corrected chi connectivity index (χ2v) is 12.7. The van der Waals surface area contributed by atoms with E-state index in [-0.39, 0.29) is 21.1 Å². The topological polar surface area (TPSA) is 9.23 Å². The van der Waals surface area contributed by atoms with Crippen molar-refractivity contribution in [3.8, 4) is 0 Å². The molecule has 0 aromatic rings. The van der Waals surface area contributed by atoms with Crippen molar-refractivity contribution in [1.29, 1.82) is 0 Å². The summed E-state index contributed by atoms with van der Waals surface area (Å²) in [6, 6.07) is 0. The van der Waals surface area contributed by atoms with Crippen LogP contribution < -0.4 is 0 Å². The minimum absolute atomic E-state index is 0.0736. The fraction of sp³-hybridized carbons (Fsp3) is 1.00. The molecule has 1 unspecified atom stereocenters. The molecule has 0 aliphatic carbocycles. The summed E-state index contributed by atoms with van der Waals surface area (Å²) in [6.45, 7) is 9.94. The van der Waals surface area contributed by atoms with Crippen LogP contribution in [0.15, 0.2) is 0 Å². The molecule has 28 heavy (non-hydrogen) atoms. The number of ether oxygens (including phenoxy) is 1. The van der Waals surface area contributed by atoms with Gasteiger partial charge in [-0.2, -0.15) is 12.6 Å². The van der Waals surface area contributed by atoms with Gasteiger partial charge in [-0.05, 0) is 12.3 Å². The summed E-state index contributed by atoms with van der Waals surface area (Å²) < 4.78 is 8.56. The maximum atomic E-state index is 5.25. The monoisotopic (exact) mass is 522 g/mol. The van der Waals surface area contributed by atoms with Gasteiger partial charge in [0.05, 0.1) is 12.5 Å². The van der Waals surface area contributed by atoms with E-state index < -0.39 is 0 Å². The van der Waals surface area contributed by atoms with Crippen LogP contribution in [-0.2, 0) is 4.74 Å². The van der Waals surface area contributed by atoms with Crippen molar-refractivity contribution in [2.45, 2.75) is 139 Å². The Morgan fingerprint density at radius 2 is 1.11 bits per heavy atom. The Labute approximate surface area is 195 Å². The first kappa shape index (κ1) is 31.3. The molecule has 0 aromatic carbocycles. The number of hydrogen-bond donors (Lipinski definition) is 1. The van der Waals surface area contributed by atoms with Crippen LogP contribution in [0.2, 0.25) is 8.87 Å². The Hall–Kier alpha value is 1.11. The maximum absolute atomic E-state index is 5.25. The molecule has 0 fully saturated rings. The van der Waals surface area contributed by atoms with Gasteiger partial charge >= 0.3 is 121 Å². The molecule has 0 aliphatic rings. The zero-order chi connectivity index (χ0) is 21.1. The van der Waals surface area contributed by atoms with E-state index in [0.717, 1.165) is 12.5 Å². The molecule has 1 atom stereocenters. The Morgan fingerprint density at radius 1 is 0.643 bits per heavy atom. The van der Waals surface area contributed by atoms with Crippen molar-refractivity contribution in [2.75, 3.05) is 12.5 Å². The van der Waals surface area contributed by atoms with Gasteiger partial charge in [0.1, 0.15) is 0 Å². The number of hydrogen-bond acceptors (Lipinski definition) is 2. The van der Waals surface area contributed by atoms with Gasteiger partial charge in [0.25, 0.3) is 0 Å². The molecule has 0 aromatic heterocycles. The molecule has 0 heterocycles. The second kappa shape index (κ2) is 30.3. The third kappa shape index (κ3) is 29.3. The van der Waals surface area contributed by atoms with E-state index in [1.807, 2.05) is 0 Å². The molecule has 0 aliphatic heterocycles. The molecular weight excluding hydrogens is 467 g/mol. The van der Waals surface area contributed by atoms with Gasteiger partial charge in [0, 0.05) is 0 Å². The Kier molecular flexibility index (Phi) is 33.9. The third-order valence-electron chi connectivity index (χ3n) is 5.40. The predicted octanol–water partition coefficient (Wildman–Crippen LogP) is 9.35. The summed E-state index contributed by atoms with van der Waals surface area (Å²) >= 11 is 4.08. The van der Waals surface area contributed by atoms with Crippen molar-refractivity contribution in [1.82, 2.24) is 0 Å². The molecule has 0 N–H and O–H groups in total. The predicted molar refractivity (Wildman–Crippen MR) is 135 cm³/mol. The van der Waals surface area contributed by atoms with Gasteiger partial charge < -0.3 is 4.74 Å². The molecule has 170 valence electrons. The summed E-state index contributed by atoms with van der Waals surface area (Å²) in [5.74, 6) is 1.31. The van der Waals surface area contributed by atoms with Crippen molar-refractivity contribution in [3.05, 3.63) is 0 Å². The van der Waals surface area contributed by atoms with Crippen LogP contribution in [0.5, 0.6) is 0 Å². The first-order valence-corrected chi connectivity index (χ1v) is 17.3. The quantitative estimate of drug-likeness (QED) is 0.0685. The van der Waals surface area contributed by atoms with Gasteiger partial charge in [-0.3, -0.25) is 0 Å². The van der Waals surface area contributed by atoms with Crippen LogP contribution in [0.4, 0.5) is 0 Å². The Morgan fingerprint density at radius 3 is 1.54 bits per heavy atom. The number of unbranched alkanes of at least 4 members (excludes halogenated alkanes) is 11.